The second kappa shape index (κ2) is 5.24. The highest BCUT2D eigenvalue weighted by atomic mass is 32.1. The third-order valence-corrected chi connectivity index (χ3v) is 3.37. The van der Waals surface area contributed by atoms with Crippen LogP contribution in [0.15, 0.2) is 35.5 Å². The number of hydrogen-bond acceptors (Lipinski definition) is 2. The number of thiazole rings is 1. The molecule has 0 aliphatic heterocycles. The van der Waals surface area contributed by atoms with Crippen molar-refractivity contribution in [2.75, 3.05) is 0 Å². The Morgan fingerprint density at radius 3 is 2.65 bits per heavy atom. The molecule has 0 bridgehead atoms. The highest BCUT2D eigenvalue weighted by Gasteiger charge is 2.30. The molecule has 2 aromatic rings. The van der Waals surface area contributed by atoms with Gasteiger partial charge in [0.1, 0.15) is 0 Å². The number of benzene rings is 1. The number of rotatable bonds is 1. The molecule has 0 unspecified atom stereocenters. The summed E-state index contributed by atoms with van der Waals surface area (Å²) in [5.74, 6) is -0.396. The molecule has 20 heavy (non-hydrogen) atoms. The van der Waals surface area contributed by atoms with Crippen LogP contribution in [-0.4, -0.2) is 10.5 Å². The Morgan fingerprint density at radius 1 is 1.35 bits per heavy atom. The molecule has 106 valence electrons. The molecule has 0 aliphatic carbocycles. The molecule has 7 heteroatoms. The van der Waals surface area contributed by atoms with E-state index in [1.807, 2.05) is 0 Å². The summed E-state index contributed by atoms with van der Waals surface area (Å²) in [7, 11) is 0. The van der Waals surface area contributed by atoms with Crippen molar-refractivity contribution < 1.29 is 18.0 Å². The first-order valence-corrected chi connectivity index (χ1v) is 6.51. The molecule has 0 saturated carbocycles. The van der Waals surface area contributed by atoms with E-state index in [0.717, 1.165) is 17.0 Å². The van der Waals surface area contributed by atoms with Gasteiger partial charge in [0.25, 0.3) is 0 Å². The predicted octanol–water partition coefficient (Wildman–Crippen LogP) is 3.31. The van der Waals surface area contributed by atoms with Gasteiger partial charge in [-0.15, -0.1) is 11.3 Å². The van der Waals surface area contributed by atoms with Crippen LogP contribution in [0.25, 0.3) is 5.69 Å². The molecule has 0 aliphatic rings. The van der Waals surface area contributed by atoms with Crippen molar-refractivity contribution in [2.24, 2.45) is 4.99 Å². The Morgan fingerprint density at radius 2 is 2.05 bits per heavy atom. The first-order valence-electron chi connectivity index (χ1n) is 5.69. The minimum atomic E-state index is -4.40. The molecule has 0 atom stereocenters. The van der Waals surface area contributed by atoms with Crippen LogP contribution in [0.2, 0.25) is 0 Å². The summed E-state index contributed by atoms with van der Waals surface area (Å²) in [6, 6.07) is 4.91. The van der Waals surface area contributed by atoms with E-state index in [-0.39, 0.29) is 0 Å². The van der Waals surface area contributed by atoms with Crippen LogP contribution in [0.5, 0.6) is 0 Å². The minimum Gasteiger partial charge on any atom is -0.292 e. The summed E-state index contributed by atoms with van der Waals surface area (Å²) < 4.78 is 39.6. The molecule has 3 nitrogen and oxygen atoms in total. The first-order chi connectivity index (χ1) is 9.27. The van der Waals surface area contributed by atoms with Gasteiger partial charge in [-0.3, -0.25) is 9.36 Å². The number of aromatic nitrogens is 1. The quantitative estimate of drug-likeness (QED) is 0.795. The molecule has 0 saturated heterocycles. The van der Waals surface area contributed by atoms with Crippen LogP contribution in [0.4, 0.5) is 13.2 Å². The molecule has 2 rings (SSSR count). The fourth-order valence-corrected chi connectivity index (χ4v) is 2.56. The molecule has 1 aromatic carbocycles. The maximum atomic E-state index is 12.7. The minimum absolute atomic E-state index is 0.323. The predicted molar refractivity (Wildman–Crippen MR) is 69.6 cm³/mol. The van der Waals surface area contributed by atoms with Crippen molar-refractivity contribution in [1.29, 1.82) is 0 Å². The van der Waals surface area contributed by atoms with Gasteiger partial charge in [0.2, 0.25) is 5.91 Å². The zero-order valence-electron chi connectivity index (χ0n) is 10.7. The van der Waals surface area contributed by atoms with Crippen LogP contribution in [0.1, 0.15) is 17.4 Å². The third-order valence-electron chi connectivity index (χ3n) is 2.47. The van der Waals surface area contributed by atoms with Crippen molar-refractivity contribution >= 4 is 17.2 Å². The Kier molecular flexibility index (Phi) is 3.80. The lowest BCUT2D eigenvalue weighted by molar-refractivity contribution is -0.137. The number of hydrogen-bond donors (Lipinski definition) is 0. The zero-order chi connectivity index (χ0) is 14.9. The van der Waals surface area contributed by atoms with Crippen molar-refractivity contribution in [3.05, 3.63) is 45.7 Å². The second-order valence-electron chi connectivity index (χ2n) is 4.17. The fourth-order valence-electron chi connectivity index (χ4n) is 1.68. The number of halogens is 3. The van der Waals surface area contributed by atoms with Crippen LogP contribution in [-0.2, 0) is 11.0 Å². The Bertz CT molecular complexity index is 713. The van der Waals surface area contributed by atoms with Crippen LogP contribution < -0.4 is 4.80 Å². The first kappa shape index (κ1) is 14.5. The van der Waals surface area contributed by atoms with Gasteiger partial charge in [0.05, 0.1) is 5.56 Å². The molecule has 0 N–H and O–H groups in total. The van der Waals surface area contributed by atoms with Crippen LogP contribution >= 0.6 is 11.3 Å². The fraction of sp³-hybridized carbons (Fsp3) is 0.231. The summed E-state index contributed by atoms with van der Waals surface area (Å²) in [5, 5.41) is 0. The van der Waals surface area contributed by atoms with E-state index in [1.165, 1.54) is 28.9 Å². The largest absolute Gasteiger partial charge is 0.416 e. The van der Waals surface area contributed by atoms with Crippen LogP contribution in [0.3, 0.4) is 0 Å². The monoisotopic (exact) mass is 300 g/mol. The van der Waals surface area contributed by atoms with E-state index in [2.05, 4.69) is 4.99 Å². The Hall–Kier alpha value is -1.89. The Labute approximate surface area is 117 Å². The van der Waals surface area contributed by atoms with Gasteiger partial charge < -0.3 is 0 Å². The zero-order valence-corrected chi connectivity index (χ0v) is 11.5. The van der Waals surface area contributed by atoms with Crippen LogP contribution in [0, 0.1) is 6.92 Å². The average molecular weight is 300 g/mol. The lowest BCUT2D eigenvalue weighted by Gasteiger charge is -2.09. The van der Waals surface area contributed by atoms with Gasteiger partial charge in [-0.05, 0) is 25.1 Å². The van der Waals surface area contributed by atoms with E-state index < -0.39 is 17.6 Å². The van der Waals surface area contributed by atoms with Crippen molar-refractivity contribution in [3.63, 3.8) is 0 Å². The summed E-state index contributed by atoms with van der Waals surface area (Å²) in [6.45, 7) is 3.10. The van der Waals surface area contributed by atoms with Crippen molar-refractivity contribution in [1.82, 2.24) is 4.57 Å². The maximum Gasteiger partial charge on any atom is 0.416 e. The van der Waals surface area contributed by atoms with Gasteiger partial charge in [-0.2, -0.15) is 18.2 Å². The van der Waals surface area contributed by atoms with Crippen molar-refractivity contribution in [2.45, 2.75) is 20.0 Å². The number of aryl methyl sites for hydroxylation is 1. The second-order valence-corrected chi connectivity index (χ2v) is 5.39. The van der Waals surface area contributed by atoms with Gasteiger partial charge in [0.15, 0.2) is 4.80 Å². The highest BCUT2D eigenvalue weighted by molar-refractivity contribution is 7.09. The number of nitrogens with zero attached hydrogens (tertiary/aromatic N) is 2. The molecule has 0 fully saturated rings. The van der Waals surface area contributed by atoms with Gasteiger partial charge >= 0.3 is 6.18 Å². The number of alkyl halides is 3. The van der Waals surface area contributed by atoms with Gasteiger partial charge in [-0.1, -0.05) is 6.07 Å². The third kappa shape index (κ3) is 3.16. The molecule has 0 radical (unpaired) electrons. The maximum absolute atomic E-state index is 12.7. The lowest BCUT2D eigenvalue weighted by Crippen LogP contribution is -2.14. The average Bonchev–Trinajstić information content (AvgIpc) is 2.68. The smallest absolute Gasteiger partial charge is 0.292 e. The van der Waals surface area contributed by atoms with Gasteiger partial charge in [-0.25, -0.2) is 0 Å². The molecular formula is C13H11F3N2OS. The lowest BCUT2D eigenvalue weighted by atomic mass is 10.2. The molecular weight excluding hydrogens is 289 g/mol. The molecule has 1 heterocycles. The number of carbonyl (C=O) groups is 1. The topological polar surface area (TPSA) is 34.4 Å². The van der Waals surface area contributed by atoms with E-state index in [0.29, 0.717) is 10.5 Å². The summed E-state index contributed by atoms with van der Waals surface area (Å²) >= 11 is 1.25. The summed E-state index contributed by atoms with van der Waals surface area (Å²) in [4.78, 5) is 16.1. The van der Waals surface area contributed by atoms with Crippen molar-refractivity contribution in [3.8, 4) is 5.69 Å². The number of carbonyl (C=O) groups excluding carboxylic acids is 1. The van der Waals surface area contributed by atoms with E-state index in [9.17, 15) is 18.0 Å². The summed E-state index contributed by atoms with van der Waals surface area (Å²) in [5.41, 5.74) is -0.413. The standard InChI is InChI=1S/C13H11F3N2OS/c1-8-7-18(12(20-8)17-9(2)19)11-5-3-4-10(6-11)13(14,15)16/h3-7H,1-2H3. The normalized spacial score (nSPS) is 12.8. The number of amides is 1. The highest BCUT2D eigenvalue weighted by Crippen LogP contribution is 2.30. The Balaban J connectivity index is 2.61. The SMILES string of the molecule is CC(=O)N=c1sc(C)cn1-c1cccc(C(F)(F)F)c1. The molecule has 0 spiro atoms. The summed E-state index contributed by atoms with van der Waals surface area (Å²) in [6.07, 6.45) is -2.75. The molecule has 1 amide bonds. The van der Waals surface area contributed by atoms with E-state index in [1.54, 1.807) is 19.2 Å². The molecule has 1 aromatic heterocycles. The van der Waals surface area contributed by atoms with Gasteiger partial charge in [0, 0.05) is 23.7 Å². The van der Waals surface area contributed by atoms with E-state index >= 15 is 0 Å². The van der Waals surface area contributed by atoms with E-state index in [4.69, 9.17) is 0 Å².